The molecule has 0 atom stereocenters. The number of hydrogen-bond donors (Lipinski definition) is 3. The highest BCUT2D eigenvalue weighted by Gasteiger charge is 2.24. The summed E-state index contributed by atoms with van der Waals surface area (Å²) in [6, 6.07) is 3.92. The number of aromatic nitrogens is 2. The zero-order valence-corrected chi connectivity index (χ0v) is 12.2. The standard InChI is InChI=1S/C12H14N4O4S/c1-7-6-14-15-11(7)16-21(18,19)10-5-8(13)3-4-9(10)12(17)20-2/h3-6H,13H2,1-2H3,(H2,14,15,16). The molecule has 0 aliphatic carbocycles. The van der Waals surface area contributed by atoms with E-state index in [2.05, 4.69) is 19.7 Å². The number of nitrogens with two attached hydrogens (primary N) is 1. The van der Waals surface area contributed by atoms with Crippen LogP contribution in [-0.2, 0) is 14.8 Å². The lowest BCUT2D eigenvalue weighted by Crippen LogP contribution is -2.18. The lowest BCUT2D eigenvalue weighted by atomic mass is 10.2. The highest BCUT2D eigenvalue weighted by atomic mass is 32.2. The molecule has 1 aromatic carbocycles. The van der Waals surface area contributed by atoms with Crippen LogP contribution in [0, 0.1) is 6.92 Å². The molecule has 0 bridgehead atoms. The Morgan fingerprint density at radius 3 is 2.71 bits per heavy atom. The van der Waals surface area contributed by atoms with Crippen LogP contribution < -0.4 is 10.5 Å². The van der Waals surface area contributed by atoms with Crippen LogP contribution in [0.2, 0.25) is 0 Å². The summed E-state index contributed by atoms with van der Waals surface area (Å²) in [4.78, 5) is 11.4. The number of anilines is 2. The van der Waals surface area contributed by atoms with Crippen LogP contribution in [0.25, 0.3) is 0 Å². The minimum absolute atomic E-state index is 0.101. The molecule has 1 aromatic heterocycles. The first-order chi connectivity index (χ1) is 9.85. The first kappa shape index (κ1) is 14.9. The maximum absolute atomic E-state index is 12.4. The number of carbonyl (C=O) groups is 1. The molecule has 1 heterocycles. The SMILES string of the molecule is COC(=O)c1ccc(N)cc1S(=O)(=O)Nc1[nH]ncc1C. The maximum atomic E-state index is 12.4. The van der Waals surface area contributed by atoms with Crippen molar-refractivity contribution >= 4 is 27.5 Å². The van der Waals surface area contributed by atoms with Gasteiger partial charge in [-0.25, -0.2) is 13.2 Å². The van der Waals surface area contributed by atoms with Crippen molar-refractivity contribution in [3.8, 4) is 0 Å². The molecule has 0 radical (unpaired) electrons. The van der Waals surface area contributed by atoms with Crippen LogP contribution in [0.1, 0.15) is 15.9 Å². The van der Waals surface area contributed by atoms with Gasteiger partial charge in [0, 0.05) is 11.3 Å². The number of hydrogen-bond acceptors (Lipinski definition) is 6. The number of rotatable bonds is 4. The van der Waals surface area contributed by atoms with Gasteiger partial charge < -0.3 is 10.5 Å². The van der Waals surface area contributed by atoms with Crippen molar-refractivity contribution < 1.29 is 17.9 Å². The molecule has 0 fully saturated rings. The molecule has 21 heavy (non-hydrogen) atoms. The predicted octanol–water partition coefficient (Wildman–Crippen LogP) is 0.888. The Bertz CT molecular complexity index is 782. The molecule has 9 heteroatoms. The third-order valence-electron chi connectivity index (χ3n) is 2.77. The third-order valence-corrected chi connectivity index (χ3v) is 4.16. The van der Waals surface area contributed by atoms with Crippen LogP contribution in [-0.4, -0.2) is 31.7 Å². The Morgan fingerprint density at radius 2 is 2.14 bits per heavy atom. The van der Waals surface area contributed by atoms with Crippen LogP contribution in [0.3, 0.4) is 0 Å². The molecule has 2 rings (SSSR count). The summed E-state index contributed by atoms with van der Waals surface area (Å²) in [5, 5.41) is 6.24. The number of ether oxygens (including phenoxy) is 1. The quantitative estimate of drug-likeness (QED) is 0.568. The van der Waals surface area contributed by atoms with Gasteiger partial charge >= 0.3 is 5.97 Å². The van der Waals surface area contributed by atoms with Crippen molar-refractivity contribution in [1.29, 1.82) is 0 Å². The Hall–Kier alpha value is -2.55. The van der Waals surface area contributed by atoms with Gasteiger partial charge in [-0.2, -0.15) is 5.10 Å². The van der Waals surface area contributed by atoms with Crippen molar-refractivity contribution in [3.05, 3.63) is 35.5 Å². The number of benzene rings is 1. The minimum atomic E-state index is -4.02. The normalized spacial score (nSPS) is 11.1. The number of nitrogens with one attached hydrogen (secondary N) is 2. The number of sulfonamides is 1. The van der Waals surface area contributed by atoms with Crippen LogP contribution in [0.15, 0.2) is 29.3 Å². The molecule has 0 unspecified atom stereocenters. The average molecular weight is 310 g/mol. The largest absolute Gasteiger partial charge is 0.465 e. The molecule has 2 aromatic rings. The van der Waals surface area contributed by atoms with E-state index in [0.717, 1.165) is 0 Å². The zero-order valence-electron chi connectivity index (χ0n) is 11.4. The number of H-pyrrole nitrogens is 1. The Morgan fingerprint density at radius 1 is 1.43 bits per heavy atom. The predicted molar refractivity (Wildman–Crippen MR) is 76.3 cm³/mol. The first-order valence-electron chi connectivity index (χ1n) is 5.86. The van der Waals surface area contributed by atoms with Gasteiger partial charge in [0.05, 0.1) is 18.9 Å². The van der Waals surface area contributed by atoms with Gasteiger partial charge in [-0.3, -0.25) is 9.82 Å². The molecule has 0 spiro atoms. The van der Waals surface area contributed by atoms with E-state index in [1.54, 1.807) is 6.92 Å². The van der Waals surface area contributed by atoms with E-state index in [9.17, 15) is 13.2 Å². The molecule has 0 aliphatic rings. The van der Waals surface area contributed by atoms with Crippen molar-refractivity contribution in [2.24, 2.45) is 0 Å². The summed E-state index contributed by atoms with van der Waals surface area (Å²) in [7, 11) is -2.85. The van der Waals surface area contributed by atoms with E-state index < -0.39 is 16.0 Å². The molecule has 112 valence electrons. The van der Waals surface area contributed by atoms with Crippen LogP contribution in [0.5, 0.6) is 0 Å². The average Bonchev–Trinajstić information content (AvgIpc) is 2.82. The summed E-state index contributed by atoms with van der Waals surface area (Å²) in [5.41, 5.74) is 6.33. The fourth-order valence-electron chi connectivity index (χ4n) is 1.68. The molecule has 0 amide bonds. The fourth-order valence-corrected chi connectivity index (χ4v) is 3.00. The summed E-state index contributed by atoms with van der Waals surface area (Å²) >= 11 is 0. The fraction of sp³-hybridized carbons (Fsp3) is 0.167. The molecule has 4 N–H and O–H groups in total. The Labute approximate surface area is 121 Å². The molecular weight excluding hydrogens is 296 g/mol. The zero-order chi connectivity index (χ0) is 15.6. The first-order valence-corrected chi connectivity index (χ1v) is 7.34. The number of aromatic amines is 1. The highest BCUT2D eigenvalue weighted by Crippen LogP contribution is 2.23. The smallest absolute Gasteiger partial charge is 0.339 e. The number of nitrogen functional groups attached to an aromatic ring is 1. The van der Waals surface area contributed by atoms with Gasteiger partial charge in [0.1, 0.15) is 10.7 Å². The summed E-state index contributed by atoms with van der Waals surface area (Å²) in [5.74, 6) is -0.551. The van der Waals surface area contributed by atoms with Gasteiger partial charge in [0.25, 0.3) is 10.0 Å². The second kappa shape index (κ2) is 5.44. The molecule has 0 aliphatic heterocycles. The Balaban J connectivity index is 2.51. The van der Waals surface area contributed by atoms with Crippen LogP contribution >= 0.6 is 0 Å². The van der Waals surface area contributed by atoms with Gasteiger partial charge in [0.15, 0.2) is 0 Å². The topological polar surface area (TPSA) is 127 Å². The van der Waals surface area contributed by atoms with Crippen LogP contribution in [0.4, 0.5) is 11.5 Å². The number of carbonyl (C=O) groups excluding carboxylic acids is 1. The summed E-state index contributed by atoms with van der Waals surface area (Å²) in [6.07, 6.45) is 1.47. The third kappa shape index (κ3) is 2.97. The van der Waals surface area contributed by atoms with E-state index in [0.29, 0.717) is 5.56 Å². The summed E-state index contributed by atoms with van der Waals surface area (Å²) in [6.45, 7) is 1.68. The number of methoxy groups -OCH3 is 1. The van der Waals surface area contributed by atoms with Crippen molar-refractivity contribution in [2.75, 3.05) is 17.6 Å². The highest BCUT2D eigenvalue weighted by molar-refractivity contribution is 7.92. The van der Waals surface area contributed by atoms with Gasteiger partial charge in [-0.05, 0) is 25.1 Å². The molecule has 0 saturated heterocycles. The summed E-state index contributed by atoms with van der Waals surface area (Å²) < 4.78 is 31.7. The van der Waals surface area contributed by atoms with E-state index in [4.69, 9.17) is 5.73 Å². The minimum Gasteiger partial charge on any atom is -0.465 e. The van der Waals surface area contributed by atoms with Crippen molar-refractivity contribution in [2.45, 2.75) is 11.8 Å². The van der Waals surface area contributed by atoms with E-state index >= 15 is 0 Å². The maximum Gasteiger partial charge on any atom is 0.339 e. The molecule has 8 nitrogen and oxygen atoms in total. The number of esters is 1. The van der Waals surface area contributed by atoms with Crippen molar-refractivity contribution in [1.82, 2.24) is 10.2 Å². The number of aryl methyl sites for hydroxylation is 1. The van der Waals surface area contributed by atoms with Gasteiger partial charge in [-0.1, -0.05) is 0 Å². The van der Waals surface area contributed by atoms with Gasteiger partial charge in [-0.15, -0.1) is 0 Å². The second-order valence-electron chi connectivity index (χ2n) is 4.28. The van der Waals surface area contributed by atoms with E-state index in [-0.39, 0.29) is 22.0 Å². The molecule has 0 saturated carbocycles. The molecular formula is C12H14N4O4S. The van der Waals surface area contributed by atoms with Gasteiger partial charge in [0.2, 0.25) is 0 Å². The Kier molecular flexibility index (Phi) is 3.85. The monoisotopic (exact) mass is 310 g/mol. The second-order valence-corrected chi connectivity index (χ2v) is 5.93. The number of nitrogens with zero attached hydrogens (tertiary/aromatic N) is 1. The van der Waals surface area contributed by atoms with E-state index in [1.807, 2.05) is 0 Å². The lowest BCUT2D eigenvalue weighted by Gasteiger charge is -2.11. The lowest BCUT2D eigenvalue weighted by molar-refractivity contribution is 0.0596. The van der Waals surface area contributed by atoms with E-state index in [1.165, 1.54) is 31.5 Å². The van der Waals surface area contributed by atoms with Crippen molar-refractivity contribution in [3.63, 3.8) is 0 Å².